The predicted octanol–water partition coefficient (Wildman–Crippen LogP) is 3.37. The number of thiazole rings is 1. The van der Waals surface area contributed by atoms with Gasteiger partial charge in [-0.15, -0.1) is 11.3 Å². The van der Waals surface area contributed by atoms with Crippen molar-refractivity contribution >= 4 is 11.3 Å². The Morgan fingerprint density at radius 3 is 2.62 bits per heavy atom. The summed E-state index contributed by atoms with van der Waals surface area (Å²) in [7, 11) is 0. The van der Waals surface area contributed by atoms with Crippen LogP contribution in [0.4, 0.5) is 0 Å². The molecule has 3 heteroatoms. The Labute approximate surface area is 102 Å². The average Bonchev–Trinajstić information content (AvgIpc) is 2.63. The average molecular weight is 238 g/mol. The topological polar surface area (TPSA) is 24.9 Å². The van der Waals surface area contributed by atoms with E-state index in [2.05, 4.69) is 36.5 Å². The molecule has 0 aromatic carbocycles. The molecular formula is C13H22N2S. The molecule has 1 aliphatic rings. The van der Waals surface area contributed by atoms with Crippen molar-refractivity contribution in [2.24, 2.45) is 11.8 Å². The van der Waals surface area contributed by atoms with Gasteiger partial charge in [0.05, 0.1) is 10.7 Å². The Morgan fingerprint density at radius 1 is 1.38 bits per heavy atom. The highest BCUT2D eigenvalue weighted by atomic mass is 32.1. The maximum absolute atomic E-state index is 4.50. The molecule has 1 aromatic rings. The van der Waals surface area contributed by atoms with Crippen LogP contribution in [0.5, 0.6) is 0 Å². The third-order valence-corrected chi connectivity index (χ3v) is 4.55. The SMILES string of the molecule is Cc1nc(CNC2C(C)CCCC2C)cs1. The number of nitrogens with zero attached hydrogens (tertiary/aromatic N) is 1. The molecule has 2 unspecified atom stereocenters. The lowest BCUT2D eigenvalue weighted by atomic mass is 9.79. The van der Waals surface area contributed by atoms with Crippen LogP contribution < -0.4 is 5.32 Å². The van der Waals surface area contributed by atoms with Crippen molar-refractivity contribution in [3.05, 3.63) is 16.1 Å². The Hall–Kier alpha value is -0.410. The van der Waals surface area contributed by atoms with Crippen LogP contribution in [0.3, 0.4) is 0 Å². The molecule has 0 saturated heterocycles. The van der Waals surface area contributed by atoms with Gasteiger partial charge in [-0.2, -0.15) is 0 Å². The molecule has 2 rings (SSSR count). The smallest absolute Gasteiger partial charge is 0.0897 e. The van der Waals surface area contributed by atoms with E-state index in [0.29, 0.717) is 6.04 Å². The lowest BCUT2D eigenvalue weighted by molar-refractivity contribution is 0.207. The van der Waals surface area contributed by atoms with Crippen molar-refractivity contribution < 1.29 is 0 Å². The van der Waals surface area contributed by atoms with Crippen LogP contribution in [0.15, 0.2) is 5.38 Å². The Bertz CT molecular complexity index is 324. The van der Waals surface area contributed by atoms with E-state index in [9.17, 15) is 0 Å². The fraction of sp³-hybridized carbons (Fsp3) is 0.769. The number of aryl methyl sites for hydroxylation is 1. The highest BCUT2D eigenvalue weighted by Crippen LogP contribution is 2.29. The van der Waals surface area contributed by atoms with E-state index in [1.807, 2.05) is 0 Å². The quantitative estimate of drug-likeness (QED) is 0.873. The number of hydrogen-bond donors (Lipinski definition) is 1. The lowest BCUT2D eigenvalue weighted by Gasteiger charge is -2.35. The van der Waals surface area contributed by atoms with E-state index < -0.39 is 0 Å². The first-order valence-corrected chi connectivity index (χ1v) is 7.19. The minimum atomic E-state index is 0.677. The summed E-state index contributed by atoms with van der Waals surface area (Å²) in [5, 5.41) is 7.03. The van der Waals surface area contributed by atoms with Gasteiger partial charge < -0.3 is 5.32 Å². The fourth-order valence-electron chi connectivity index (χ4n) is 2.80. The third-order valence-electron chi connectivity index (χ3n) is 3.73. The zero-order valence-electron chi connectivity index (χ0n) is 10.5. The van der Waals surface area contributed by atoms with Crippen LogP contribution in [-0.2, 0) is 6.54 Å². The van der Waals surface area contributed by atoms with E-state index in [1.165, 1.54) is 30.0 Å². The lowest BCUT2D eigenvalue weighted by Crippen LogP contribution is -2.42. The second kappa shape index (κ2) is 5.28. The van der Waals surface area contributed by atoms with Gasteiger partial charge in [-0.3, -0.25) is 0 Å². The molecule has 1 aromatic heterocycles. The van der Waals surface area contributed by atoms with Crippen LogP contribution in [0.1, 0.15) is 43.8 Å². The zero-order valence-corrected chi connectivity index (χ0v) is 11.3. The summed E-state index contributed by atoms with van der Waals surface area (Å²) in [5.74, 6) is 1.62. The molecule has 16 heavy (non-hydrogen) atoms. The molecule has 1 saturated carbocycles. The Kier molecular flexibility index (Phi) is 3.98. The number of hydrogen-bond acceptors (Lipinski definition) is 3. The molecule has 1 fully saturated rings. The number of aromatic nitrogens is 1. The van der Waals surface area contributed by atoms with Crippen molar-refractivity contribution in [1.82, 2.24) is 10.3 Å². The van der Waals surface area contributed by atoms with Gasteiger partial charge in [0.2, 0.25) is 0 Å². The molecule has 1 aliphatic carbocycles. The third kappa shape index (κ3) is 2.83. The molecular weight excluding hydrogens is 216 g/mol. The summed E-state index contributed by atoms with van der Waals surface area (Å²) in [6.45, 7) is 7.75. The number of rotatable bonds is 3. The van der Waals surface area contributed by atoms with E-state index in [4.69, 9.17) is 0 Å². The zero-order chi connectivity index (χ0) is 11.5. The first-order chi connectivity index (χ1) is 7.66. The van der Waals surface area contributed by atoms with Crippen LogP contribution in [-0.4, -0.2) is 11.0 Å². The van der Waals surface area contributed by atoms with Gasteiger partial charge in [0.15, 0.2) is 0 Å². The molecule has 2 atom stereocenters. The van der Waals surface area contributed by atoms with E-state index in [0.717, 1.165) is 18.4 Å². The molecule has 2 nitrogen and oxygen atoms in total. The Balaban J connectivity index is 1.88. The monoisotopic (exact) mass is 238 g/mol. The maximum atomic E-state index is 4.50. The molecule has 1 N–H and O–H groups in total. The summed E-state index contributed by atoms with van der Waals surface area (Å²) in [5.41, 5.74) is 1.20. The summed E-state index contributed by atoms with van der Waals surface area (Å²) in [4.78, 5) is 4.50. The second-order valence-electron chi connectivity index (χ2n) is 5.15. The minimum absolute atomic E-state index is 0.677. The standard InChI is InChI=1S/C13H22N2S/c1-9-5-4-6-10(2)13(9)14-7-12-8-16-11(3)15-12/h8-10,13-14H,4-7H2,1-3H3. The van der Waals surface area contributed by atoms with Gasteiger partial charge in [0.25, 0.3) is 0 Å². The van der Waals surface area contributed by atoms with Crippen molar-refractivity contribution in [3.63, 3.8) is 0 Å². The second-order valence-corrected chi connectivity index (χ2v) is 6.21. The van der Waals surface area contributed by atoms with Crippen LogP contribution in [0, 0.1) is 18.8 Å². The molecule has 0 radical (unpaired) electrons. The van der Waals surface area contributed by atoms with Crippen LogP contribution >= 0.6 is 11.3 Å². The molecule has 0 bridgehead atoms. The minimum Gasteiger partial charge on any atom is -0.308 e. The first kappa shape index (κ1) is 12.1. The summed E-state index contributed by atoms with van der Waals surface area (Å²) in [6, 6.07) is 0.677. The van der Waals surface area contributed by atoms with Crippen molar-refractivity contribution in [3.8, 4) is 0 Å². The van der Waals surface area contributed by atoms with Crippen molar-refractivity contribution in [2.75, 3.05) is 0 Å². The van der Waals surface area contributed by atoms with Gasteiger partial charge in [-0.25, -0.2) is 4.98 Å². The summed E-state index contributed by atoms with van der Waals surface area (Å²) < 4.78 is 0. The van der Waals surface area contributed by atoms with Crippen LogP contribution in [0.2, 0.25) is 0 Å². The fourth-order valence-corrected chi connectivity index (χ4v) is 3.41. The van der Waals surface area contributed by atoms with Gasteiger partial charge in [-0.05, 0) is 31.6 Å². The largest absolute Gasteiger partial charge is 0.308 e. The predicted molar refractivity (Wildman–Crippen MR) is 69.7 cm³/mol. The van der Waals surface area contributed by atoms with Gasteiger partial charge >= 0.3 is 0 Å². The molecule has 90 valence electrons. The maximum Gasteiger partial charge on any atom is 0.0897 e. The van der Waals surface area contributed by atoms with Gasteiger partial charge in [-0.1, -0.05) is 20.3 Å². The molecule has 0 aliphatic heterocycles. The summed E-state index contributed by atoms with van der Waals surface area (Å²) in [6.07, 6.45) is 4.15. The van der Waals surface area contributed by atoms with E-state index >= 15 is 0 Å². The first-order valence-electron chi connectivity index (χ1n) is 6.31. The molecule has 1 heterocycles. The highest BCUT2D eigenvalue weighted by molar-refractivity contribution is 7.09. The van der Waals surface area contributed by atoms with Crippen molar-refractivity contribution in [1.29, 1.82) is 0 Å². The van der Waals surface area contributed by atoms with E-state index in [-0.39, 0.29) is 0 Å². The van der Waals surface area contributed by atoms with Crippen LogP contribution in [0.25, 0.3) is 0 Å². The summed E-state index contributed by atoms with van der Waals surface area (Å²) >= 11 is 1.74. The highest BCUT2D eigenvalue weighted by Gasteiger charge is 2.26. The van der Waals surface area contributed by atoms with Crippen molar-refractivity contribution in [2.45, 2.75) is 52.6 Å². The van der Waals surface area contributed by atoms with E-state index in [1.54, 1.807) is 11.3 Å². The molecule has 0 amide bonds. The van der Waals surface area contributed by atoms with Gasteiger partial charge in [0, 0.05) is 18.0 Å². The molecule has 0 spiro atoms. The number of nitrogens with one attached hydrogen (secondary N) is 1. The Morgan fingerprint density at radius 2 is 2.06 bits per heavy atom. The normalized spacial score (nSPS) is 30.6. The van der Waals surface area contributed by atoms with Gasteiger partial charge in [0.1, 0.15) is 0 Å².